The Bertz CT molecular complexity index is 20.9. The maximum absolute atomic E-state index is 3.09. The van der Waals surface area contributed by atoms with Crippen LogP contribution in [0.15, 0.2) is 0 Å². The van der Waals surface area contributed by atoms with Crippen LogP contribution in [-0.4, -0.2) is 38.3 Å². The number of rotatable bonds is 1. The molecule has 0 aromatic carbocycles. The third kappa shape index (κ3) is 4.96. The molecular formula is C3H8NNa. The van der Waals surface area contributed by atoms with E-state index in [1.165, 1.54) is 27.9 Å². The molecule has 1 N–H and O–H groups in total. The standard InChI is InChI=1S/C3H8N.Na/c1-3-4-2;/h3-4H,1-2H3;. The van der Waals surface area contributed by atoms with Crippen LogP contribution in [-0.2, 0) is 0 Å². The molecule has 0 heterocycles. The van der Waals surface area contributed by atoms with E-state index < -0.39 is 0 Å². The van der Waals surface area contributed by atoms with Gasteiger partial charge in [0.1, 0.15) is 0 Å². The minimum absolute atomic E-state index is 0.773. The molecule has 1 nitrogen and oxygen atoms in total. The average Bonchev–Trinajstić information content (AvgIpc) is 1.38. The first-order valence-electron chi connectivity index (χ1n) is 1.94. The molecule has 0 aliphatic carbocycles. The average molecular weight is 81.1 g/mol. The van der Waals surface area contributed by atoms with Crippen molar-refractivity contribution >= 4 is 27.9 Å². The molecule has 0 fully saturated rings. The summed E-state index contributed by atoms with van der Waals surface area (Å²) in [5.41, 5.74) is 0. The van der Waals surface area contributed by atoms with Crippen LogP contribution >= 0.6 is 0 Å². The molecule has 0 aromatic rings. The van der Waals surface area contributed by atoms with Gasteiger partial charge in [-0.25, -0.2) is 0 Å². The molecule has 0 saturated carbocycles. The summed E-state index contributed by atoms with van der Waals surface area (Å²) >= 11 is 1.26. The molecule has 1 atom stereocenters. The van der Waals surface area contributed by atoms with E-state index in [-0.39, 0.29) is 0 Å². The van der Waals surface area contributed by atoms with Gasteiger partial charge >= 0.3 is 50.5 Å². The zero-order valence-electron chi connectivity index (χ0n) is 4.08. The summed E-state index contributed by atoms with van der Waals surface area (Å²) in [5, 5.41) is 3.09. The Kier molecular flexibility index (Phi) is 3.77. The van der Waals surface area contributed by atoms with E-state index in [2.05, 4.69) is 12.2 Å². The van der Waals surface area contributed by atoms with Gasteiger partial charge < -0.3 is 0 Å². The molecule has 0 amide bonds. The van der Waals surface area contributed by atoms with Gasteiger partial charge in [0.05, 0.1) is 0 Å². The van der Waals surface area contributed by atoms with Crippen LogP contribution in [0.3, 0.4) is 0 Å². The predicted molar refractivity (Wildman–Crippen MR) is 24.3 cm³/mol. The third-order valence-corrected chi connectivity index (χ3v) is 1.15. The van der Waals surface area contributed by atoms with Crippen molar-refractivity contribution < 1.29 is 0 Å². The van der Waals surface area contributed by atoms with Crippen molar-refractivity contribution in [1.29, 1.82) is 0 Å². The Morgan fingerprint density at radius 1 is 1.80 bits per heavy atom. The van der Waals surface area contributed by atoms with Gasteiger partial charge in [-0.3, -0.25) is 0 Å². The SMILES string of the molecule is CN[CH](C)[Na]. The Labute approximate surface area is 50.6 Å². The van der Waals surface area contributed by atoms with E-state index in [1.807, 2.05) is 7.05 Å². The number of nitrogens with one attached hydrogen (secondary N) is 1. The molecular weight excluding hydrogens is 73.0 g/mol. The summed E-state index contributed by atoms with van der Waals surface area (Å²) in [4.78, 5) is 0. The van der Waals surface area contributed by atoms with Crippen molar-refractivity contribution in [2.45, 2.75) is 10.2 Å². The fraction of sp³-hybridized carbons (Fsp3) is 1.00. The molecule has 0 radical (unpaired) electrons. The van der Waals surface area contributed by atoms with E-state index in [0.29, 0.717) is 0 Å². The summed E-state index contributed by atoms with van der Waals surface area (Å²) in [6, 6.07) is 0. The van der Waals surface area contributed by atoms with Crippen LogP contribution < -0.4 is 5.32 Å². The van der Waals surface area contributed by atoms with Crippen LogP contribution in [0.1, 0.15) is 6.92 Å². The van der Waals surface area contributed by atoms with Gasteiger partial charge in [0.15, 0.2) is 0 Å². The molecule has 0 saturated heterocycles. The summed E-state index contributed by atoms with van der Waals surface area (Å²) in [6.07, 6.45) is 0. The first kappa shape index (κ1) is 5.96. The quantitative estimate of drug-likeness (QED) is 0.428. The fourth-order valence-corrected chi connectivity index (χ4v) is 0. The van der Waals surface area contributed by atoms with Crippen molar-refractivity contribution in [3.8, 4) is 0 Å². The van der Waals surface area contributed by atoms with Gasteiger partial charge in [-0.2, -0.15) is 0 Å². The van der Waals surface area contributed by atoms with Crippen LogP contribution in [0, 0.1) is 0 Å². The summed E-state index contributed by atoms with van der Waals surface area (Å²) in [6.45, 7) is 2.17. The van der Waals surface area contributed by atoms with Gasteiger partial charge in [0.25, 0.3) is 0 Å². The molecule has 0 aromatic heterocycles. The molecule has 0 bridgehead atoms. The Morgan fingerprint density at radius 3 is 2.00 bits per heavy atom. The second-order valence-corrected chi connectivity index (χ2v) is 3.18. The van der Waals surface area contributed by atoms with Gasteiger partial charge in [-0.15, -0.1) is 0 Å². The van der Waals surface area contributed by atoms with Crippen LogP contribution in [0.4, 0.5) is 0 Å². The van der Waals surface area contributed by atoms with E-state index in [4.69, 9.17) is 0 Å². The Balaban J connectivity index is 2.54. The van der Waals surface area contributed by atoms with Crippen LogP contribution in [0.2, 0.25) is 0 Å². The van der Waals surface area contributed by atoms with Crippen molar-refractivity contribution in [3.05, 3.63) is 0 Å². The van der Waals surface area contributed by atoms with E-state index >= 15 is 0 Å². The van der Waals surface area contributed by atoms with Gasteiger partial charge in [0, 0.05) is 0 Å². The number of hydrogen-bond acceptors (Lipinski definition) is 1. The topological polar surface area (TPSA) is 12.0 Å². The van der Waals surface area contributed by atoms with E-state index in [0.717, 1.165) is 3.29 Å². The second kappa shape index (κ2) is 3.16. The number of hydrogen-bond donors (Lipinski definition) is 1. The third-order valence-electron chi connectivity index (χ3n) is 0.577. The van der Waals surface area contributed by atoms with Crippen molar-refractivity contribution in [2.24, 2.45) is 0 Å². The molecule has 1 unspecified atom stereocenters. The Hall–Kier alpha value is 0.960. The summed E-state index contributed by atoms with van der Waals surface area (Å²) < 4.78 is 0.773. The molecule has 0 aliphatic rings. The van der Waals surface area contributed by atoms with Crippen molar-refractivity contribution in [3.63, 3.8) is 0 Å². The van der Waals surface area contributed by atoms with Gasteiger partial charge in [-0.1, -0.05) is 0 Å². The molecule has 26 valence electrons. The van der Waals surface area contributed by atoms with Crippen LogP contribution in [0.5, 0.6) is 0 Å². The fourth-order valence-electron chi connectivity index (χ4n) is 0. The van der Waals surface area contributed by atoms with Crippen molar-refractivity contribution in [2.75, 3.05) is 7.05 Å². The summed E-state index contributed by atoms with van der Waals surface area (Å²) in [7, 11) is 1.98. The Morgan fingerprint density at radius 2 is 2.00 bits per heavy atom. The van der Waals surface area contributed by atoms with Crippen LogP contribution in [0.25, 0.3) is 0 Å². The van der Waals surface area contributed by atoms with Gasteiger partial charge in [0.2, 0.25) is 0 Å². The summed E-state index contributed by atoms with van der Waals surface area (Å²) in [5.74, 6) is 0. The maximum atomic E-state index is 3.09. The monoisotopic (exact) mass is 81.1 g/mol. The first-order chi connectivity index (χ1) is 2.27. The van der Waals surface area contributed by atoms with E-state index in [9.17, 15) is 0 Å². The molecule has 0 rings (SSSR count). The zero-order chi connectivity index (χ0) is 4.28. The predicted octanol–water partition coefficient (Wildman–Crippen LogP) is -0.280. The zero-order valence-corrected chi connectivity index (χ0v) is 6.08. The molecule has 5 heavy (non-hydrogen) atoms. The minimum atomic E-state index is 0.773. The van der Waals surface area contributed by atoms with E-state index in [1.54, 1.807) is 0 Å². The second-order valence-electron chi connectivity index (χ2n) is 1.44. The van der Waals surface area contributed by atoms with Crippen molar-refractivity contribution in [1.82, 2.24) is 5.32 Å². The van der Waals surface area contributed by atoms with Gasteiger partial charge in [-0.05, 0) is 0 Å². The molecule has 2 heteroatoms. The normalized spacial score (nSPS) is 15.2. The molecule has 0 spiro atoms. The first-order valence-corrected chi connectivity index (χ1v) is 3.10. The molecule has 0 aliphatic heterocycles.